The van der Waals surface area contributed by atoms with Gasteiger partial charge in [0.2, 0.25) is 0 Å². The van der Waals surface area contributed by atoms with Gasteiger partial charge >= 0.3 is 5.97 Å². The molecule has 1 rings (SSSR count). The van der Waals surface area contributed by atoms with Gasteiger partial charge in [0.25, 0.3) is 0 Å². The van der Waals surface area contributed by atoms with Gasteiger partial charge in [-0.2, -0.15) is 0 Å². The summed E-state index contributed by atoms with van der Waals surface area (Å²) >= 11 is 0. The number of benzene rings is 1. The number of rotatable bonds is 4. The highest BCUT2D eigenvalue weighted by molar-refractivity contribution is 5.78. The van der Waals surface area contributed by atoms with Gasteiger partial charge in [0.05, 0.1) is 7.11 Å². The maximum absolute atomic E-state index is 10.8. The molecule has 0 spiro atoms. The molecule has 1 aromatic rings. The van der Waals surface area contributed by atoms with Gasteiger partial charge in [-0.05, 0) is 44.0 Å². The minimum atomic E-state index is -0.866. The van der Waals surface area contributed by atoms with E-state index in [0.717, 1.165) is 22.6 Å². The van der Waals surface area contributed by atoms with Crippen molar-refractivity contribution in [3.63, 3.8) is 0 Å². The molecule has 0 saturated carbocycles. The summed E-state index contributed by atoms with van der Waals surface area (Å²) in [4.78, 5) is 10.8. The lowest BCUT2D eigenvalue weighted by Crippen LogP contribution is -2.26. The predicted octanol–water partition coefficient (Wildman–Crippen LogP) is 2.20. The number of anilines is 1. The van der Waals surface area contributed by atoms with Crippen molar-refractivity contribution in [1.82, 2.24) is 0 Å². The van der Waals surface area contributed by atoms with Crippen LogP contribution < -0.4 is 10.1 Å². The van der Waals surface area contributed by atoms with Gasteiger partial charge in [-0.3, -0.25) is 4.79 Å². The van der Waals surface area contributed by atoms with E-state index in [1.807, 2.05) is 26.0 Å². The number of methoxy groups -OCH3 is 1. The van der Waals surface area contributed by atoms with Crippen LogP contribution in [0.5, 0.6) is 5.75 Å². The Hall–Kier alpha value is -1.71. The highest BCUT2D eigenvalue weighted by Gasteiger charge is 2.13. The summed E-state index contributed by atoms with van der Waals surface area (Å²) < 4.78 is 5.14. The maximum Gasteiger partial charge on any atom is 0.325 e. The molecule has 4 nitrogen and oxygen atoms in total. The standard InChI is InChI=1S/C12H17NO3/c1-7-5-10(16-4)6-8(2)11(7)13-9(3)12(14)15/h5-6,9,13H,1-4H3,(H,14,15). The third-order valence-corrected chi connectivity index (χ3v) is 2.47. The molecule has 0 radical (unpaired) electrons. The molecular formula is C12H17NO3. The molecule has 1 atom stereocenters. The van der Waals surface area contributed by atoms with Crippen molar-refractivity contribution in [2.45, 2.75) is 26.8 Å². The average molecular weight is 223 g/mol. The van der Waals surface area contributed by atoms with E-state index in [-0.39, 0.29) is 0 Å². The van der Waals surface area contributed by atoms with Crippen molar-refractivity contribution in [2.75, 3.05) is 12.4 Å². The van der Waals surface area contributed by atoms with Crippen molar-refractivity contribution in [1.29, 1.82) is 0 Å². The first kappa shape index (κ1) is 12.4. The van der Waals surface area contributed by atoms with E-state index >= 15 is 0 Å². The Morgan fingerprint density at radius 2 is 1.88 bits per heavy atom. The summed E-state index contributed by atoms with van der Waals surface area (Å²) in [5.74, 6) is -0.0850. The Morgan fingerprint density at radius 3 is 2.25 bits per heavy atom. The fourth-order valence-corrected chi connectivity index (χ4v) is 1.55. The lowest BCUT2D eigenvalue weighted by Gasteiger charge is -2.17. The number of aliphatic carboxylic acids is 1. The normalized spacial score (nSPS) is 12.0. The van der Waals surface area contributed by atoms with Crippen LogP contribution in [0.2, 0.25) is 0 Å². The molecule has 88 valence electrons. The van der Waals surface area contributed by atoms with Gasteiger partial charge in [0.15, 0.2) is 0 Å². The second-order valence-electron chi connectivity index (χ2n) is 3.84. The number of ether oxygens (including phenoxy) is 1. The van der Waals surface area contributed by atoms with Crippen LogP contribution >= 0.6 is 0 Å². The van der Waals surface area contributed by atoms with Gasteiger partial charge in [-0.25, -0.2) is 0 Å². The Bertz CT molecular complexity index is 378. The SMILES string of the molecule is COc1cc(C)c(NC(C)C(=O)O)c(C)c1. The molecule has 0 aliphatic heterocycles. The zero-order valence-corrected chi connectivity index (χ0v) is 10.00. The molecule has 0 fully saturated rings. The second-order valence-corrected chi connectivity index (χ2v) is 3.84. The minimum Gasteiger partial charge on any atom is -0.497 e. The van der Waals surface area contributed by atoms with E-state index in [4.69, 9.17) is 9.84 Å². The number of aryl methyl sites for hydroxylation is 2. The van der Waals surface area contributed by atoms with Gasteiger partial charge in [0.1, 0.15) is 11.8 Å². The number of nitrogens with one attached hydrogen (secondary N) is 1. The van der Waals surface area contributed by atoms with Crippen molar-refractivity contribution in [3.8, 4) is 5.75 Å². The zero-order valence-electron chi connectivity index (χ0n) is 10.00. The van der Waals surface area contributed by atoms with Crippen LogP contribution in [-0.2, 0) is 4.79 Å². The average Bonchev–Trinajstić information content (AvgIpc) is 2.22. The Morgan fingerprint density at radius 1 is 1.38 bits per heavy atom. The Labute approximate surface area is 95.2 Å². The van der Waals surface area contributed by atoms with Crippen LogP contribution in [-0.4, -0.2) is 24.2 Å². The Kier molecular flexibility index (Phi) is 3.77. The smallest absolute Gasteiger partial charge is 0.325 e. The van der Waals surface area contributed by atoms with Gasteiger partial charge in [-0.1, -0.05) is 0 Å². The minimum absolute atomic E-state index is 0.606. The molecule has 4 heteroatoms. The molecule has 0 aliphatic carbocycles. The predicted molar refractivity (Wildman–Crippen MR) is 63.2 cm³/mol. The van der Waals surface area contributed by atoms with Crippen molar-refractivity contribution < 1.29 is 14.6 Å². The number of carbonyl (C=O) groups is 1. The summed E-state index contributed by atoms with van der Waals surface area (Å²) in [6.07, 6.45) is 0. The zero-order chi connectivity index (χ0) is 12.3. The molecule has 1 aromatic carbocycles. The maximum atomic E-state index is 10.8. The highest BCUT2D eigenvalue weighted by atomic mass is 16.5. The lowest BCUT2D eigenvalue weighted by atomic mass is 10.1. The van der Waals surface area contributed by atoms with Gasteiger partial charge in [0, 0.05) is 5.69 Å². The number of carboxylic acids is 1. The third kappa shape index (κ3) is 2.66. The second kappa shape index (κ2) is 4.88. The van der Waals surface area contributed by atoms with Crippen LogP contribution in [0.25, 0.3) is 0 Å². The molecule has 0 bridgehead atoms. The summed E-state index contributed by atoms with van der Waals surface area (Å²) in [5, 5.41) is 11.8. The van der Waals surface area contributed by atoms with E-state index in [1.165, 1.54) is 0 Å². The summed E-state index contributed by atoms with van der Waals surface area (Å²) in [6.45, 7) is 5.46. The van der Waals surface area contributed by atoms with E-state index in [9.17, 15) is 4.79 Å². The summed E-state index contributed by atoms with van der Waals surface area (Å²) in [7, 11) is 1.61. The third-order valence-electron chi connectivity index (χ3n) is 2.47. The topological polar surface area (TPSA) is 58.6 Å². The molecule has 0 aliphatic rings. The summed E-state index contributed by atoms with van der Waals surface area (Å²) in [6, 6.07) is 3.15. The lowest BCUT2D eigenvalue weighted by molar-refractivity contribution is -0.137. The number of carboxylic acid groups (broad SMARTS) is 1. The largest absolute Gasteiger partial charge is 0.497 e. The number of hydrogen-bond donors (Lipinski definition) is 2. The van der Waals surface area contributed by atoms with E-state index in [2.05, 4.69) is 5.32 Å². The Balaban J connectivity index is 3.01. The fourth-order valence-electron chi connectivity index (χ4n) is 1.55. The molecular weight excluding hydrogens is 206 g/mol. The first-order valence-corrected chi connectivity index (χ1v) is 5.10. The van der Waals surface area contributed by atoms with Crippen LogP contribution in [0.3, 0.4) is 0 Å². The van der Waals surface area contributed by atoms with Gasteiger partial charge in [-0.15, -0.1) is 0 Å². The van der Waals surface area contributed by atoms with E-state index in [0.29, 0.717) is 0 Å². The fraction of sp³-hybridized carbons (Fsp3) is 0.417. The van der Waals surface area contributed by atoms with E-state index < -0.39 is 12.0 Å². The van der Waals surface area contributed by atoms with Crippen molar-refractivity contribution in [3.05, 3.63) is 23.3 Å². The first-order valence-electron chi connectivity index (χ1n) is 5.10. The molecule has 0 amide bonds. The molecule has 1 unspecified atom stereocenters. The molecule has 16 heavy (non-hydrogen) atoms. The number of hydrogen-bond acceptors (Lipinski definition) is 3. The first-order chi connectivity index (χ1) is 7.45. The summed E-state index contributed by atoms with van der Waals surface area (Å²) in [5.41, 5.74) is 2.81. The van der Waals surface area contributed by atoms with Crippen molar-refractivity contribution >= 4 is 11.7 Å². The molecule has 0 aromatic heterocycles. The van der Waals surface area contributed by atoms with Crippen LogP contribution in [0.1, 0.15) is 18.1 Å². The van der Waals surface area contributed by atoms with Crippen LogP contribution in [0, 0.1) is 13.8 Å². The van der Waals surface area contributed by atoms with Crippen LogP contribution in [0.4, 0.5) is 5.69 Å². The van der Waals surface area contributed by atoms with Crippen molar-refractivity contribution in [2.24, 2.45) is 0 Å². The molecule has 0 saturated heterocycles. The van der Waals surface area contributed by atoms with Crippen LogP contribution in [0.15, 0.2) is 12.1 Å². The van der Waals surface area contributed by atoms with Gasteiger partial charge < -0.3 is 15.2 Å². The monoisotopic (exact) mass is 223 g/mol. The highest BCUT2D eigenvalue weighted by Crippen LogP contribution is 2.26. The quantitative estimate of drug-likeness (QED) is 0.821. The molecule has 2 N–H and O–H groups in total. The molecule has 0 heterocycles. The van der Waals surface area contributed by atoms with E-state index in [1.54, 1.807) is 14.0 Å².